The van der Waals surface area contributed by atoms with Crippen LogP contribution in [0, 0.1) is 13.8 Å². The van der Waals surface area contributed by atoms with Gasteiger partial charge in [0.15, 0.2) is 5.13 Å². The fraction of sp³-hybridized carbons (Fsp3) is 0.727. The summed E-state index contributed by atoms with van der Waals surface area (Å²) >= 11 is 7.80. The first-order chi connectivity index (χ1) is 7.22. The van der Waals surface area contributed by atoms with Gasteiger partial charge in [-0.1, -0.05) is 0 Å². The summed E-state index contributed by atoms with van der Waals surface area (Å²) in [5, 5.41) is 1.16. The maximum Gasteiger partial charge on any atom is 0.186 e. The zero-order valence-corrected chi connectivity index (χ0v) is 10.9. The molecule has 0 N–H and O–H groups in total. The van der Waals surface area contributed by atoms with Crippen LogP contribution in [0.15, 0.2) is 0 Å². The van der Waals surface area contributed by atoms with Gasteiger partial charge in [0, 0.05) is 23.3 Å². The molecule has 0 aromatic carbocycles. The van der Waals surface area contributed by atoms with Crippen molar-refractivity contribution in [2.45, 2.75) is 39.2 Å². The summed E-state index contributed by atoms with van der Waals surface area (Å²) in [7, 11) is 0. The minimum absolute atomic E-state index is 0.491. The molecule has 0 spiro atoms. The van der Waals surface area contributed by atoms with Crippen molar-refractivity contribution in [2.24, 2.45) is 0 Å². The lowest BCUT2D eigenvalue weighted by molar-refractivity contribution is 0.487. The van der Waals surface area contributed by atoms with Gasteiger partial charge in [-0.05, 0) is 33.1 Å². The number of anilines is 1. The monoisotopic (exact) mass is 244 g/mol. The summed E-state index contributed by atoms with van der Waals surface area (Å²) in [5.41, 5.74) is 1.16. The zero-order valence-electron chi connectivity index (χ0n) is 9.29. The van der Waals surface area contributed by atoms with E-state index in [1.165, 1.54) is 24.1 Å². The molecule has 1 aromatic rings. The number of rotatable bonds is 2. The lowest BCUT2D eigenvalue weighted by Crippen LogP contribution is -2.40. The van der Waals surface area contributed by atoms with E-state index in [0.29, 0.717) is 6.04 Å². The number of alkyl halides is 1. The molecule has 1 aromatic heterocycles. The molecule has 84 valence electrons. The van der Waals surface area contributed by atoms with Gasteiger partial charge in [-0.3, -0.25) is 0 Å². The second kappa shape index (κ2) is 4.71. The number of hydrogen-bond acceptors (Lipinski definition) is 3. The van der Waals surface area contributed by atoms with Crippen molar-refractivity contribution in [3.63, 3.8) is 0 Å². The molecule has 2 heterocycles. The fourth-order valence-electron chi connectivity index (χ4n) is 1.99. The molecule has 0 aliphatic carbocycles. The lowest BCUT2D eigenvalue weighted by Gasteiger charge is -2.34. The average molecular weight is 245 g/mol. The summed E-state index contributed by atoms with van der Waals surface area (Å²) in [6.45, 7) is 5.33. The van der Waals surface area contributed by atoms with Crippen molar-refractivity contribution >= 4 is 28.1 Å². The Morgan fingerprint density at radius 1 is 1.47 bits per heavy atom. The minimum atomic E-state index is 0.491. The lowest BCUT2D eigenvalue weighted by atomic mass is 10.0. The zero-order chi connectivity index (χ0) is 10.8. The number of aryl methyl sites for hydroxylation is 2. The highest BCUT2D eigenvalue weighted by atomic mass is 35.5. The van der Waals surface area contributed by atoms with Crippen molar-refractivity contribution in [2.75, 3.05) is 17.3 Å². The molecular formula is C11H17ClN2S. The Balaban J connectivity index is 2.20. The van der Waals surface area contributed by atoms with Crippen LogP contribution in [0.1, 0.15) is 29.8 Å². The quantitative estimate of drug-likeness (QED) is 0.742. The summed E-state index contributed by atoms with van der Waals surface area (Å²) in [6, 6.07) is 0.491. The van der Waals surface area contributed by atoms with Gasteiger partial charge in [-0.15, -0.1) is 22.9 Å². The molecule has 1 aliphatic rings. The topological polar surface area (TPSA) is 16.1 Å². The van der Waals surface area contributed by atoms with E-state index >= 15 is 0 Å². The number of halogens is 1. The standard InChI is InChI=1S/C11H17ClN2S/c1-8-9(2)15-11(13-8)14-6-4-3-5-10(14)7-12/h10H,3-7H2,1-2H3. The highest BCUT2D eigenvalue weighted by molar-refractivity contribution is 7.15. The van der Waals surface area contributed by atoms with E-state index in [9.17, 15) is 0 Å². The van der Waals surface area contributed by atoms with Crippen LogP contribution in [0.25, 0.3) is 0 Å². The van der Waals surface area contributed by atoms with E-state index in [4.69, 9.17) is 11.6 Å². The molecule has 4 heteroatoms. The fourth-order valence-corrected chi connectivity index (χ4v) is 3.32. The first-order valence-electron chi connectivity index (χ1n) is 5.49. The molecule has 1 unspecified atom stereocenters. The Hall–Kier alpha value is -0.280. The van der Waals surface area contributed by atoms with Crippen LogP contribution in [0.2, 0.25) is 0 Å². The molecule has 15 heavy (non-hydrogen) atoms. The van der Waals surface area contributed by atoms with Gasteiger partial charge in [0.05, 0.1) is 5.69 Å². The maximum atomic E-state index is 6.01. The Kier molecular flexibility index (Phi) is 3.52. The first kappa shape index (κ1) is 11.2. The van der Waals surface area contributed by atoms with Crippen molar-refractivity contribution in [3.8, 4) is 0 Å². The predicted molar refractivity (Wildman–Crippen MR) is 67.3 cm³/mol. The van der Waals surface area contributed by atoms with Crippen LogP contribution in [0.4, 0.5) is 5.13 Å². The summed E-state index contributed by atoms with van der Waals surface area (Å²) < 4.78 is 0. The second-order valence-corrected chi connectivity index (χ2v) is 5.63. The average Bonchev–Trinajstić information content (AvgIpc) is 2.59. The molecule has 2 rings (SSSR count). The molecule has 1 fully saturated rings. The van der Waals surface area contributed by atoms with Crippen LogP contribution in [0.3, 0.4) is 0 Å². The number of piperidine rings is 1. The van der Waals surface area contributed by atoms with E-state index < -0.39 is 0 Å². The number of aromatic nitrogens is 1. The summed E-state index contributed by atoms with van der Waals surface area (Å²) in [4.78, 5) is 8.33. The molecule has 1 aliphatic heterocycles. The molecule has 1 saturated heterocycles. The van der Waals surface area contributed by atoms with Gasteiger partial charge >= 0.3 is 0 Å². The van der Waals surface area contributed by atoms with Gasteiger partial charge in [-0.2, -0.15) is 0 Å². The summed E-state index contributed by atoms with van der Waals surface area (Å²) in [6.07, 6.45) is 3.78. The Bertz CT molecular complexity index is 318. The largest absolute Gasteiger partial charge is 0.344 e. The van der Waals surface area contributed by atoms with E-state index in [0.717, 1.165) is 23.3 Å². The van der Waals surface area contributed by atoms with Crippen LogP contribution < -0.4 is 4.90 Å². The van der Waals surface area contributed by atoms with Crippen LogP contribution >= 0.6 is 22.9 Å². The number of hydrogen-bond donors (Lipinski definition) is 0. The van der Waals surface area contributed by atoms with Gasteiger partial charge in [0.1, 0.15) is 0 Å². The number of thiazole rings is 1. The third kappa shape index (κ3) is 2.28. The first-order valence-corrected chi connectivity index (χ1v) is 6.84. The SMILES string of the molecule is Cc1nc(N2CCCCC2CCl)sc1C. The van der Waals surface area contributed by atoms with E-state index in [2.05, 4.69) is 23.7 Å². The van der Waals surface area contributed by atoms with Crippen molar-refractivity contribution in [1.29, 1.82) is 0 Å². The number of nitrogens with zero attached hydrogens (tertiary/aromatic N) is 2. The highest BCUT2D eigenvalue weighted by Crippen LogP contribution is 2.30. The van der Waals surface area contributed by atoms with Gasteiger partial charge < -0.3 is 4.90 Å². The van der Waals surface area contributed by atoms with Crippen molar-refractivity contribution in [3.05, 3.63) is 10.6 Å². The van der Waals surface area contributed by atoms with Crippen LogP contribution in [-0.4, -0.2) is 23.5 Å². The van der Waals surface area contributed by atoms with E-state index in [-0.39, 0.29) is 0 Å². The Morgan fingerprint density at radius 3 is 2.87 bits per heavy atom. The van der Waals surface area contributed by atoms with Crippen LogP contribution in [0.5, 0.6) is 0 Å². The van der Waals surface area contributed by atoms with Crippen LogP contribution in [-0.2, 0) is 0 Å². The third-order valence-corrected chi connectivity index (χ3v) is 4.53. The molecule has 0 amide bonds. The van der Waals surface area contributed by atoms with Gasteiger partial charge in [0.2, 0.25) is 0 Å². The normalized spacial score (nSPS) is 22.1. The molecule has 0 bridgehead atoms. The Morgan fingerprint density at radius 2 is 2.27 bits per heavy atom. The predicted octanol–water partition coefficient (Wildman–Crippen LogP) is 3.36. The molecule has 0 radical (unpaired) electrons. The summed E-state index contributed by atoms with van der Waals surface area (Å²) in [5.74, 6) is 0.720. The van der Waals surface area contributed by atoms with E-state index in [1.807, 2.05) is 0 Å². The van der Waals surface area contributed by atoms with Gasteiger partial charge in [0.25, 0.3) is 0 Å². The molecule has 2 nitrogen and oxygen atoms in total. The molecular weight excluding hydrogens is 228 g/mol. The third-order valence-electron chi connectivity index (χ3n) is 3.07. The van der Waals surface area contributed by atoms with Gasteiger partial charge in [-0.25, -0.2) is 4.98 Å². The maximum absolute atomic E-state index is 6.01. The smallest absolute Gasteiger partial charge is 0.186 e. The highest BCUT2D eigenvalue weighted by Gasteiger charge is 2.24. The molecule has 0 saturated carbocycles. The molecule has 1 atom stereocenters. The van der Waals surface area contributed by atoms with E-state index in [1.54, 1.807) is 11.3 Å². The minimum Gasteiger partial charge on any atom is -0.344 e. The van der Waals surface area contributed by atoms with Crippen molar-refractivity contribution in [1.82, 2.24) is 4.98 Å². The second-order valence-electron chi connectivity index (χ2n) is 4.14. The van der Waals surface area contributed by atoms with Crippen molar-refractivity contribution < 1.29 is 0 Å². The Labute approximate surface area is 100 Å².